The summed E-state index contributed by atoms with van der Waals surface area (Å²) in [6, 6.07) is 12.2. The fourth-order valence-corrected chi connectivity index (χ4v) is 2.66. The van der Waals surface area contributed by atoms with Crippen molar-refractivity contribution in [2.24, 2.45) is 10.2 Å². The van der Waals surface area contributed by atoms with E-state index < -0.39 is 21.2 Å². The number of non-ortho nitro benzene ring substituents is 1. The lowest BCUT2D eigenvalue weighted by atomic mass is 10.1. The number of anilines is 1. The van der Waals surface area contributed by atoms with E-state index in [2.05, 4.69) is 10.2 Å². The van der Waals surface area contributed by atoms with Crippen molar-refractivity contribution in [1.82, 2.24) is 0 Å². The quantitative estimate of drug-likeness (QED) is 0.287. The summed E-state index contributed by atoms with van der Waals surface area (Å²) in [6.45, 7) is 0. The lowest BCUT2D eigenvalue weighted by Gasteiger charge is -2.04. The van der Waals surface area contributed by atoms with Crippen LogP contribution in [-0.2, 0) is 0 Å². The van der Waals surface area contributed by atoms with Crippen molar-refractivity contribution in [3.05, 3.63) is 73.8 Å². The van der Waals surface area contributed by atoms with Crippen molar-refractivity contribution < 1.29 is 9.85 Å². The molecule has 26 heavy (non-hydrogen) atoms. The van der Waals surface area contributed by atoms with Crippen LogP contribution in [0.5, 0.6) is 0 Å². The summed E-state index contributed by atoms with van der Waals surface area (Å²) in [4.78, 5) is 20.5. The Bertz CT molecular complexity index is 1080. The van der Waals surface area contributed by atoms with Crippen LogP contribution >= 0.6 is 11.6 Å². The van der Waals surface area contributed by atoms with Crippen molar-refractivity contribution in [2.45, 2.75) is 0 Å². The molecule has 0 unspecified atom stereocenters. The fraction of sp³-hybridized carbons (Fsp3) is 0. The number of azo groups is 1. The van der Waals surface area contributed by atoms with Crippen molar-refractivity contribution in [3.63, 3.8) is 0 Å². The normalized spacial score (nSPS) is 11.1. The minimum absolute atomic E-state index is 0.241. The van der Waals surface area contributed by atoms with E-state index in [4.69, 9.17) is 17.3 Å². The Labute approximate surface area is 151 Å². The minimum Gasteiger partial charge on any atom is -0.398 e. The summed E-state index contributed by atoms with van der Waals surface area (Å²) in [5.74, 6) is 0. The van der Waals surface area contributed by atoms with Crippen LogP contribution in [0.15, 0.2) is 58.8 Å². The maximum Gasteiger partial charge on any atom is 0.305 e. The number of rotatable bonds is 4. The van der Waals surface area contributed by atoms with Gasteiger partial charge in [-0.05, 0) is 12.1 Å². The van der Waals surface area contributed by atoms with Crippen LogP contribution in [0.25, 0.3) is 10.8 Å². The van der Waals surface area contributed by atoms with Gasteiger partial charge in [0.15, 0.2) is 5.69 Å². The third-order valence-corrected chi connectivity index (χ3v) is 3.92. The van der Waals surface area contributed by atoms with Crippen molar-refractivity contribution in [1.29, 1.82) is 0 Å². The number of hydrogen-bond donors (Lipinski definition) is 1. The number of nitrogen functional groups attached to an aromatic ring is 1. The lowest BCUT2D eigenvalue weighted by molar-refractivity contribution is -0.393. The van der Waals surface area contributed by atoms with Crippen LogP contribution < -0.4 is 5.73 Å². The average Bonchev–Trinajstić information content (AvgIpc) is 2.61. The van der Waals surface area contributed by atoms with Crippen molar-refractivity contribution >= 4 is 50.8 Å². The van der Waals surface area contributed by atoms with E-state index in [0.717, 1.165) is 17.5 Å². The molecule has 3 aromatic carbocycles. The molecule has 0 radical (unpaired) electrons. The number of fused-ring (bicyclic) bond motifs is 1. The third kappa shape index (κ3) is 3.15. The summed E-state index contributed by atoms with van der Waals surface area (Å²) in [7, 11) is 0. The van der Waals surface area contributed by atoms with Crippen molar-refractivity contribution in [2.75, 3.05) is 5.73 Å². The first-order valence-corrected chi connectivity index (χ1v) is 7.57. The molecule has 0 fully saturated rings. The summed E-state index contributed by atoms with van der Waals surface area (Å²) in [5.41, 5.74) is 5.54. The van der Waals surface area contributed by atoms with Gasteiger partial charge in [-0.3, -0.25) is 20.2 Å². The van der Waals surface area contributed by atoms with Gasteiger partial charge >= 0.3 is 5.69 Å². The highest BCUT2D eigenvalue weighted by Crippen LogP contribution is 2.40. The summed E-state index contributed by atoms with van der Waals surface area (Å²) >= 11 is 5.95. The highest BCUT2D eigenvalue weighted by atomic mass is 35.5. The van der Waals surface area contributed by atoms with Gasteiger partial charge in [-0.1, -0.05) is 35.9 Å². The van der Waals surface area contributed by atoms with Gasteiger partial charge in [-0.15, -0.1) is 10.2 Å². The topological polar surface area (TPSA) is 137 Å². The minimum atomic E-state index is -0.797. The Morgan fingerprint density at radius 2 is 1.62 bits per heavy atom. The standard InChI is InChI=1S/C16H10ClN5O4/c17-12-7-9(21(23)24)8-15(22(25)26)16(12)20-19-14-6-5-13(18)10-3-1-2-4-11(10)14/h1-8H,18H2. The molecule has 0 aromatic heterocycles. The summed E-state index contributed by atoms with van der Waals surface area (Å²) in [5, 5.41) is 31.2. The molecule has 3 aromatic rings. The highest BCUT2D eigenvalue weighted by molar-refractivity contribution is 6.33. The maximum atomic E-state index is 11.2. The second-order valence-electron chi connectivity index (χ2n) is 5.23. The number of nitro benzene ring substituents is 2. The molecule has 0 aliphatic heterocycles. The van der Waals surface area contributed by atoms with E-state index in [9.17, 15) is 20.2 Å². The predicted octanol–water partition coefficient (Wildman–Crippen LogP) is 5.31. The van der Waals surface area contributed by atoms with Gasteiger partial charge < -0.3 is 5.73 Å². The zero-order valence-corrected chi connectivity index (χ0v) is 13.8. The van der Waals surface area contributed by atoms with Crippen LogP contribution in [0.3, 0.4) is 0 Å². The van der Waals surface area contributed by atoms with Gasteiger partial charge in [0.05, 0.1) is 26.6 Å². The molecule has 10 heteroatoms. The first kappa shape index (κ1) is 17.2. The smallest absolute Gasteiger partial charge is 0.305 e. The molecule has 0 saturated carbocycles. The molecule has 0 heterocycles. The molecular weight excluding hydrogens is 362 g/mol. The van der Waals surface area contributed by atoms with Gasteiger partial charge in [-0.2, -0.15) is 0 Å². The molecular formula is C16H10ClN5O4. The average molecular weight is 372 g/mol. The number of halogens is 1. The molecule has 0 atom stereocenters. The largest absolute Gasteiger partial charge is 0.398 e. The van der Waals surface area contributed by atoms with Crippen LogP contribution in [-0.4, -0.2) is 9.85 Å². The van der Waals surface area contributed by atoms with Crippen LogP contribution in [0.1, 0.15) is 0 Å². The number of nitrogens with zero attached hydrogens (tertiary/aromatic N) is 4. The van der Waals surface area contributed by atoms with E-state index >= 15 is 0 Å². The zero-order valence-electron chi connectivity index (χ0n) is 13.0. The SMILES string of the molecule is Nc1ccc(N=Nc2c(Cl)cc([N+](=O)[O-])cc2[N+](=O)[O-])c2ccccc12. The predicted molar refractivity (Wildman–Crippen MR) is 97.3 cm³/mol. The van der Waals surface area contributed by atoms with Crippen LogP contribution in [0.2, 0.25) is 5.02 Å². The Morgan fingerprint density at radius 3 is 2.27 bits per heavy atom. The van der Waals surface area contributed by atoms with Gasteiger partial charge in [0, 0.05) is 22.5 Å². The molecule has 9 nitrogen and oxygen atoms in total. The second kappa shape index (κ2) is 6.73. The molecule has 0 amide bonds. The molecule has 3 rings (SSSR count). The number of benzene rings is 3. The monoisotopic (exact) mass is 371 g/mol. The van der Waals surface area contributed by atoms with Gasteiger partial charge in [0.2, 0.25) is 0 Å². The maximum absolute atomic E-state index is 11.2. The van der Waals surface area contributed by atoms with Gasteiger partial charge in [0.1, 0.15) is 0 Å². The molecule has 0 saturated heterocycles. The molecule has 0 bridgehead atoms. The van der Waals surface area contributed by atoms with E-state index in [1.54, 1.807) is 24.3 Å². The molecule has 0 aliphatic carbocycles. The molecule has 0 aliphatic rings. The first-order valence-electron chi connectivity index (χ1n) is 7.20. The summed E-state index contributed by atoms with van der Waals surface area (Å²) in [6.07, 6.45) is 0. The number of hydrogen-bond acceptors (Lipinski definition) is 7. The Hall–Kier alpha value is -3.59. The number of nitro groups is 2. The zero-order chi connectivity index (χ0) is 18.8. The molecule has 2 N–H and O–H groups in total. The Balaban J connectivity index is 2.14. The Morgan fingerprint density at radius 1 is 0.923 bits per heavy atom. The van der Waals surface area contributed by atoms with E-state index in [-0.39, 0.29) is 10.7 Å². The van der Waals surface area contributed by atoms with Gasteiger partial charge in [0.25, 0.3) is 5.69 Å². The van der Waals surface area contributed by atoms with Crippen LogP contribution in [0, 0.1) is 20.2 Å². The second-order valence-corrected chi connectivity index (χ2v) is 5.64. The van der Waals surface area contributed by atoms with E-state index in [1.807, 2.05) is 12.1 Å². The third-order valence-electron chi connectivity index (χ3n) is 3.63. The first-order chi connectivity index (χ1) is 12.4. The lowest BCUT2D eigenvalue weighted by Crippen LogP contribution is -1.93. The van der Waals surface area contributed by atoms with E-state index in [0.29, 0.717) is 16.8 Å². The van der Waals surface area contributed by atoms with Crippen LogP contribution in [0.4, 0.5) is 28.4 Å². The van der Waals surface area contributed by atoms with Gasteiger partial charge in [-0.25, -0.2) is 0 Å². The summed E-state index contributed by atoms with van der Waals surface area (Å²) < 4.78 is 0. The molecule has 130 valence electrons. The highest BCUT2D eigenvalue weighted by Gasteiger charge is 2.23. The number of nitrogens with two attached hydrogens (primary N) is 1. The van der Waals surface area contributed by atoms with E-state index in [1.165, 1.54) is 0 Å². The van der Waals surface area contributed by atoms with Crippen molar-refractivity contribution in [3.8, 4) is 0 Å². The molecule has 0 spiro atoms. The fourth-order valence-electron chi connectivity index (χ4n) is 2.41. The Kier molecular flexibility index (Phi) is 4.46.